The molecule has 1 aliphatic heterocycles. The lowest BCUT2D eigenvalue weighted by Gasteiger charge is -2.25. The van der Waals surface area contributed by atoms with Gasteiger partial charge in [0.05, 0.1) is 12.7 Å². The fourth-order valence-corrected chi connectivity index (χ4v) is 2.19. The molecule has 0 aromatic heterocycles. The highest BCUT2D eigenvalue weighted by Gasteiger charge is 2.24. The first-order chi connectivity index (χ1) is 7.77. The molecule has 0 aromatic rings. The van der Waals surface area contributed by atoms with Crippen molar-refractivity contribution >= 4 is 0 Å². The number of unbranched alkanes of at least 4 members (excludes halogenated alkanes) is 1. The van der Waals surface area contributed by atoms with E-state index >= 15 is 0 Å². The van der Waals surface area contributed by atoms with Crippen molar-refractivity contribution in [2.75, 3.05) is 32.8 Å². The van der Waals surface area contributed by atoms with Crippen molar-refractivity contribution in [3.8, 4) is 0 Å². The van der Waals surface area contributed by atoms with Crippen LogP contribution in [0.5, 0.6) is 0 Å². The Balaban J connectivity index is 2.10. The number of hydrogen-bond acceptors (Lipinski definition) is 4. The van der Waals surface area contributed by atoms with Gasteiger partial charge in [0.25, 0.3) is 0 Å². The van der Waals surface area contributed by atoms with Crippen LogP contribution < -0.4 is 5.73 Å². The molecule has 96 valence electrons. The first-order valence-corrected chi connectivity index (χ1v) is 6.47. The van der Waals surface area contributed by atoms with Crippen LogP contribution in [0.2, 0.25) is 0 Å². The predicted molar refractivity (Wildman–Crippen MR) is 65.4 cm³/mol. The maximum absolute atomic E-state index is 9.81. The SMILES string of the molecule is CCCCOCC(O)CN1CCCC1CN. The molecule has 0 aromatic carbocycles. The van der Waals surface area contributed by atoms with Gasteiger partial charge in [-0.2, -0.15) is 0 Å². The fourth-order valence-electron chi connectivity index (χ4n) is 2.19. The van der Waals surface area contributed by atoms with Gasteiger partial charge < -0.3 is 15.6 Å². The number of nitrogens with two attached hydrogens (primary N) is 1. The van der Waals surface area contributed by atoms with Crippen LogP contribution in [0, 0.1) is 0 Å². The molecular weight excluding hydrogens is 204 g/mol. The lowest BCUT2D eigenvalue weighted by molar-refractivity contribution is 0.0142. The second-order valence-corrected chi connectivity index (χ2v) is 4.61. The van der Waals surface area contributed by atoms with Gasteiger partial charge in [-0.1, -0.05) is 13.3 Å². The van der Waals surface area contributed by atoms with Crippen LogP contribution in [0.25, 0.3) is 0 Å². The molecule has 0 bridgehead atoms. The van der Waals surface area contributed by atoms with Gasteiger partial charge >= 0.3 is 0 Å². The van der Waals surface area contributed by atoms with Crippen molar-refractivity contribution in [1.82, 2.24) is 4.90 Å². The molecule has 4 nitrogen and oxygen atoms in total. The van der Waals surface area contributed by atoms with E-state index in [0.29, 0.717) is 25.7 Å². The largest absolute Gasteiger partial charge is 0.389 e. The highest BCUT2D eigenvalue weighted by atomic mass is 16.5. The van der Waals surface area contributed by atoms with E-state index in [0.717, 1.165) is 26.0 Å². The molecule has 1 fully saturated rings. The first kappa shape index (κ1) is 13.9. The Kier molecular flexibility index (Phi) is 6.96. The smallest absolute Gasteiger partial charge is 0.0900 e. The second kappa shape index (κ2) is 8.01. The van der Waals surface area contributed by atoms with Crippen molar-refractivity contribution in [2.24, 2.45) is 5.73 Å². The van der Waals surface area contributed by atoms with E-state index in [9.17, 15) is 5.11 Å². The molecule has 4 heteroatoms. The summed E-state index contributed by atoms with van der Waals surface area (Å²) in [4.78, 5) is 2.29. The number of nitrogens with zero attached hydrogens (tertiary/aromatic N) is 1. The van der Waals surface area contributed by atoms with Gasteiger partial charge in [0.15, 0.2) is 0 Å². The Morgan fingerprint density at radius 1 is 1.56 bits per heavy atom. The molecule has 0 aliphatic carbocycles. The van der Waals surface area contributed by atoms with Gasteiger partial charge in [-0.15, -0.1) is 0 Å². The molecule has 1 saturated heterocycles. The van der Waals surface area contributed by atoms with E-state index in [-0.39, 0.29) is 6.10 Å². The zero-order valence-corrected chi connectivity index (χ0v) is 10.4. The van der Waals surface area contributed by atoms with Crippen molar-refractivity contribution in [3.63, 3.8) is 0 Å². The zero-order chi connectivity index (χ0) is 11.8. The van der Waals surface area contributed by atoms with Crippen LogP contribution in [0.3, 0.4) is 0 Å². The highest BCUT2D eigenvalue weighted by Crippen LogP contribution is 2.16. The Morgan fingerprint density at radius 3 is 3.06 bits per heavy atom. The third kappa shape index (κ3) is 4.78. The first-order valence-electron chi connectivity index (χ1n) is 6.47. The Labute approximate surface area is 98.8 Å². The average molecular weight is 230 g/mol. The number of β-amino-alcohol motifs (C(OH)–C–C–N with tert-alkyl or cyclic N) is 1. The van der Waals surface area contributed by atoms with Crippen LogP contribution >= 0.6 is 0 Å². The summed E-state index contributed by atoms with van der Waals surface area (Å²) < 4.78 is 5.41. The predicted octanol–water partition coefficient (Wildman–Crippen LogP) is 0.587. The number of aliphatic hydroxyl groups is 1. The fraction of sp³-hybridized carbons (Fsp3) is 1.00. The third-order valence-corrected chi connectivity index (χ3v) is 3.17. The van der Waals surface area contributed by atoms with Crippen LogP contribution in [-0.4, -0.2) is 55.0 Å². The van der Waals surface area contributed by atoms with E-state index in [2.05, 4.69) is 11.8 Å². The van der Waals surface area contributed by atoms with E-state index in [4.69, 9.17) is 10.5 Å². The topological polar surface area (TPSA) is 58.7 Å². The monoisotopic (exact) mass is 230 g/mol. The highest BCUT2D eigenvalue weighted by molar-refractivity contribution is 4.81. The maximum Gasteiger partial charge on any atom is 0.0900 e. The number of hydrogen-bond donors (Lipinski definition) is 2. The van der Waals surface area contributed by atoms with Gasteiger partial charge in [-0.25, -0.2) is 0 Å². The molecule has 1 rings (SSSR count). The molecule has 1 aliphatic rings. The van der Waals surface area contributed by atoms with Gasteiger partial charge in [0, 0.05) is 25.7 Å². The van der Waals surface area contributed by atoms with Gasteiger partial charge in [0.2, 0.25) is 0 Å². The molecule has 0 amide bonds. The summed E-state index contributed by atoms with van der Waals surface area (Å²) in [7, 11) is 0. The van der Waals surface area contributed by atoms with Gasteiger partial charge in [0.1, 0.15) is 0 Å². The summed E-state index contributed by atoms with van der Waals surface area (Å²) in [6.45, 7) is 5.81. The van der Waals surface area contributed by atoms with Crippen molar-refractivity contribution < 1.29 is 9.84 Å². The lowest BCUT2D eigenvalue weighted by atomic mass is 10.2. The molecule has 2 atom stereocenters. The molecule has 16 heavy (non-hydrogen) atoms. The van der Waals surface area contributed by atoms with Crippen LogP contribution in [0.15, 0.2) is 0 Å². The van der Waals surface area contributed by atoms with E-state index in [1.54, 1.807) is 0 Å². The molecule has 2 unspecified atom stereocenters. The van der Waals surface area contributed by atoms with E-state index < -0.39 is 0 Å². The molecule has 1 heterocycles. The van der Waals surface area contributed by atoms with Gasteiger partial charge in [-0.05, 0) is 25.8 Å². The zero-order valence-electron chi connectivity index (χ0n) is 10.4. The second-order valence-electron chi connectivity index (χ2n) is 4.61. The summed E-state index contributed by atoms with van der Waals surface area (Å²) in [5.74, 6) is 0. The van der Waals surface area contributed by atoms with E-state index in [1.165, 1.54) is 12.8 Å². The van der Waals surface area contributed by atoms with Crippen molar-refractivity contribution in [1.29, 1.82) is 0 Å². The minimum absolute atomic E-state index is 0.371. The van der Waals surface area contributed by atoms with Crippen LogP contribution in [0.1, 0.15) is 32.6 Å². The number of rotatable bonds is 8. The minimum Gasteiger partial charge on any atom is -0.389 e. The Hall–Kier alpha value is -0.160. The molecule has 0 saturated carbocycles. The summed E-state index contributed by atoms with van der Waals surface area (Å²) in [6, 6.07) is 0.463. The quantitative estimate of drug-likeness (QED) is 0.599. The summed E-state index contributed by atoms with van der Waals surface area (Å²) in [5, 5.41) is 9.81. The summed E-state index contributed by atoms with van der Waals surface area (Å²) >= 11 is 0. The third-order valence-electron chi connectivity index (χ3n) is 3.17. The average Bonchev–Trinajstić information content (AvgIpc) is 2.71. The number of likely N-dealkylation sites (tertiary alicyclic amines) is 1. The minimum atomic E-state index is -0.371. The Bertz CT molecular complexity index is 178. The van der Waals surface area contributed by atoms with E-state index in [1.807, 2.05) is 0 Å². The van der Waals surface area contributed by atoms with Crippen molar-refractivity contribution in [3.05, 3.63) is 0 Å². The Morgan fingerprint density at radius 2 is 2.38 bits per heavy atom. The molecule has 0 spiro atoms. The van der Waals surface area contributed by atoms with Gasteiger partial charge in [-0.3, -0.25) is 4.90 Å². The molecular formula is C12H26N2O2. The van der Waals surface area contributed by atoms with Crippen molar-refractivity contribution in [2.45, 2.75) is 44.8 Å². The standard InChI is InChI=1S/C12H26N2O2/c1-2-3-7-16-10-12(15)9-14-6-4-5-11(14)8-13/h11-12,15H,2-10,13H2,1H3. The summed E-state index contributed by atoms with van der Waals surface area (Å²) in [6.07, 6.45) is 4.20. The lowest BCUT2D eigenvalue weighted by Crippen LogP contribution is -2.41. The molecule has 0 radical (unpaired) electrons. The van der Waals surface area contributed by atoms with Crippen LogP contribution in [-0.2, 0) is 4.74 Å². The molecule has 3 N–H and O–H groups in total. The normalized spacial score (nSPS) is 23.8. The summed E-state index contributed by atoms with van der Waals surface area (Å²) in [5.41, 5.74) is 5.69. The number of ether oxygens (including phenoxy) is 1. The maximum atomic E-state index is 9.81. The number of aliphatic hydroxyl groups excluding tert-OH is 1. The van der Waals surface area contributed by atoms with Crippen LogP contribution in [0.4, 0.5) is 0 Å².